The molecule has 1 rings (SSSR count). The molecule has 0 atom stereocenters. The Bertz CT molecular complexity index is 165. The van der Waals surface area contributed by atoms with E-state index in [4.69, 9.17) is 4.74 Å². The smallest absolute Gasteiger partial charge is 0.319 e. The van der Waals surface area contributed by atoms with Crippen molar-refractivity contribution in [3.05, 3.63) is 0 Å². The van der Waals surface area contributed by atoms with Gasteiger partial charge in [0.2, 0.25) is 0 Å². The van der Waals surface area contributed by atoms with Crippen LogP contribution >= 0.6 is 0 Å². The number of amides is 2. The van der Waals surface area contributed by atoms with Gasteiger partial charge in [-0.3, -0.25) is 0 Å². The van der Waals surface area contributed by atoms with Gasteiger partial charge in [-0.2, -0.15) is 0 Å². The predicted octanol–water partition coefficient (Wildman–Crippen LogP) is 0.780. The molecule has 13 heavy (non-hydrogen) atoms. The minimum Gasteiger partial charge on any atom is -0.380 e. The lowest BCUT2D eigenvalue weighted by Gasteiger charge is -2.25. The van der Waals surface area contributed by atoms with E-state index in [0.29, 0.717) is 6.61 Å². The molecule has 0 aliphatic carbocycles. The van der Waals surface area contributed by atoms with Gasteiger partial charge in [0, 0.05) is 33.3 Å². The summed E-state index contributed by atoms with van der Waals surface area (Å²) in [7, 11) is 1.83. The van der Waals surface area contributed by atoms with Gasteiger partial charge in [0.25, 0.3) is 0 Å². The molecular formula is C9H18N2O2. The zero-order chi connectivity index (χ0) is 9.68. The number of carbonyl (C=O) groups is 1. The van der Waals surface area contributed by atoms with Crippen LogP contribution in [0.5, 0.6) is 0 Å². The van der Waals surface area contributed by atoms with E-state index in [1.807, 2.05) is 18.9 Å². The fraction of sp³-hybridized carbons (Fsp3) is 0.889. The Morgan fingerprint density at radius 3 is 2.92 bits per heavy atom. The summed E-state index contributed by atoms with van der Waals surface area (Å²) in [4.78, 5) is 15.3. The van der Waals surface area contributed by atoms with E-state index in [1.54, 1.807) is 4.90 Å². The van der Waals surface area contributed by atoms with Crippen LogP contribution < -0.4 is 0 Å². The number of nitrogens with zero attached hydrogens (tertiary/aromatic N) is 2. The van der Waals surface area contributed by atoms with Gasteiger partial charge in [-0.05, 0) is 13.3 Å². The molecule has 76 valence electrons. The van der Waals surface area contributed by atoms with Gasteiger partial charge in [0.15, 0.2) is 0 Å². The molecule has 1 fully saturated rings. The first-order valence-corrected chi connectivity index (χ1v) is 4.83. The van der Waals surface area contributed by atoms with Crippen molar-refractivity contribution in [2.75, 3.05) is 39.9 Å². The SMILES string of the molecule is CCN(C)C(=O)N1CCCOCC1. The lowest BCUT2D eigenvalue weighted by atomic mass is 10.4. The second kappa shape index (κ2) is 5.07. The fourth-order valence-corrected chi connectivity index (χ4v) is 1.31. The van der Waals surface area contributed by atoms with Gasteiger partial charge >= 0.3 is 6.03 Å². The van der Waals surface area contributed by atoms with Crippen molar-refractivity contribution in [3.63, 3.8) is 0 Å². The van der Waals surface area contributed by atoms with E-state index < -0.39 is 0 Å². The number of rotatable bonds is 1. The Balaban J connectivity index is 2.43. The minimum atomic E-state index is 0.119. The maximum absolute atomic E-state index is 11.7. The highest BCUT2D eigenvalue weighted by molar-refractivity contribution is 5.74. The standard InChI is InChI=1S/C9H18N2O2/c1-3-10(2)9(12)11-5-4-7-13-8-6-11/h3-8H2,1-2H3. The van der Waals surface area contributed by atoms with Crippen LogP contribution in [0.3, 0.4) is 0 Å². The summed E-state index contributed by atoms with van der Waals surface area (Å²) in [6.45, 7) is 5.73. The molecule has 0 saturated carbocycles. The lowest BCUT2D eigenvalue weighted by Crippen LogP contribution is -2.42. The summed E-state index contributed by atoms with van der Waals surface area (Å²) < 4.78 is 5.28. The van der Waals surface area contributed by atoms with Crippen molar-refractivity contribution in [2.45, 2.75) is 13.3 Å². The van der Waals surface area contributed by atoms with Crippen LogP contribution in [-0.4, -0.2) is 55.7 Å². The molecule has 0 aromatic heterocycles. The number of urea groups is 1. The number of hydrogen-bond donors (Lipinski definition) is 0. The van der Waals surface area contributed by atoms with Crippen LogP contribution in [-0.2, 0) is 4.74 Å². The van der Waals surface area contributed by atoms with Gasteiger partial charge < -0.3 is 14.5 Å². The van der Waals surface area contributed by atoms with Crippen LogP contribution in [0, 0.1) is 0 Å². The van der Waals surface area contributed by atoms with Crippen LogP contribution in [0.4, 0.5) is 4.79 Å². The Morgan fingerprint density at radius 1 is 1.46 bits per heavy atom. The summed E-state index contributed by atoms with van der Waals surface area (Å²) in [6.07, 6.45) is 0.948. The molecule has 0 N–H and O–H groups in total. The third kappa shape index (κ3) is 2.88. The van der Waals surface area contributed by atoms with Gasteiger partial charge in [-0.25, -0.2) is 4.79 Å². The predicted molar refractivity (Wildman–Crippen MR) is 50.7 cm³/mol. The van der Waals surface area contributed by atoms with E-state index >= 15 is 0 Å². The first kappa shape index (κ1) is 10.3. The average molecular weight is 186 g/mol. The normalized spacial score (nSPS) is 18.2. The van der Waals surface area contributed by atoms with Crippen LogP contribution in [0.25, 0.3) is 0 Å². The van der Waals surface area contributed by atoms with Gasteiger partial charge in [0.05, 0.1) is 6.61 Å². The second-order valence-electron chi connectivity index (χ2n) is 3.25. The van der Waals surface area contributed by atoms with Crippen molar-refractivity contribution in [3.8, 4) is 0 Å². The Labute approximate surface area is 79.4 Å². The van der Waals surface area contributed by atoms with Crippen molar-refractivity contribution in [1.29, 1.82) is 0 Å². The van der Waals surface area contributed by atoms with Crippen LogP contribution in [0.1, 0.15) is 13.3 Å². The largest absolute Gasteiger partial charge is 0.380 e. The molecule has 2 amide bonds. The first-order chi connectivity index (χ1) is 6.25. The highest BCUT2D eigenvalue weighted by Crippen LogP contribution is 2.02. The molecule has 0 spiro atoms. The highest BCUT2D eigenvalue weighted by atomic mass is 16.5. The maximum Gasteiger partial charge on any atom is 0.319 e. The average Bonchev–Trinajstić information content (AvgIpc) is 2.43. The highest BCUT2D eigenvalue weighted by Gasteiger charge is 2.17. The Kier molecular flexibility index (Phi) is 4.02. The first-order valence-electron chi connectivity index (χ1n) is 4.83. The van der Waals surface area contributed by atoms with Gasteiger partial charge in [0.1, 0.15) is 0 Å². The molecule has 0 aromatic carbocycles. The van der Waals surface area contributed by atoms with Crippen LogP contribution in [0.15, 0.2) is 0 Å². The lowest BCUT2D eigenvalue weighted by molar-refractivity contribution is 0.135. The van der Waals surface area contributed by atoms with Crippen molar-refractivity contribution in [2.24, 2.45) is 0 Å². The molecule has 0 unspecified atom stereocenters. The quantitative estimate of drug-likeness (QED) is 0.606. The molecule has 1 aliphatic heterocycles. The van der Waals surface area contributed by atoms with Crippen LogP contribution in [0.2, 0.25) is 0 Å². The summed E-state index contributed by atoms with van der Waals surface area (Å²) in [6, 6.07) is 0.119. The van der Waals surface area contributed by atoms with E-state index in [2.05, 4.69) is 0 Å². The maximum atomic E-state index is 11.7. The van der Waals surface area contributed by atoms with Gasteiger partial charge in [-0.15, -0.1) is 0 Å². The Hall–Kier alpha value is -0.770. The van der Waals surface area contributed by atoms with Crippen molar-refractivity contribution in [1.82, 2.24) is 9.80 Å². The van der Waals surface area contributed by atoms with E-state index in [-0.39, 0.29) is 6.03 Å². The third-order valence-electron chi connectivity index (χ3n) is 2.29. The monoisotopic (exact) mass is 186 g/mol. The molecule has 1 heterocycles. The third-order valence-corrected chi connectivity index (χ3v) is 2.29. The molecule has 0 bridgehead atoms. The summed E-state index contributed by atoms with van der Waals surface area (Å²) in [5.74, 6) is 0. The zero-order valence-corrected chi connectivity index (χ0v) is 8.45. The van der Waals surface area contributed by atoms with E-state index in [0.717, 1.165) is 32.7 Å². The molecule has 4 nitrogen and oxygen atoms in total. The number of hydrogen-bond acceptors (Lipinski definition) is 2. The van der Waals surface area contributed by atoms with Crippen molar-refractivity contribution < 1.29 is 9.53 Å². The van der Waals surface area contributed by atoms with Gasteiger partial charge in [-0.1, -0.05) is 0 Å². The molecule has 4 heteroatoms. The Morgan fingerprint density at radius 2 is 2.23 bits per heavy atom. The fourth-order valence-electron chi connectivity index (χ4n) is 1.31. The molecule has 1 saturated heterocycles. The molecule has 1 aliphatic rings. The topological polar surface area (TPSA) is 32.8 Å². The zero-order valence-electron chi connectivity index (χ0n) is 8.45. The number of ether oxygens (including phenoxy) is 1. The van der Waals surface area contributed by atoms with Crippen molar-refractivity contribution >= 4 is 6.03 Å². The molecular weight excluding hydrogens is 168 g/mol. The summed E-state index contributed by atoms with van der Waals surface area (Å²) in [5, 5.41) is 0. The molecule has 0 radical (unpaired) electrons. The van der Waals surface area contributed by atoms with E-state index in [1.165, 1.54) is 0 Å². The summed E-state index contributed by atoms with van der Waals surface area (Å²) >= 11 is 0. The summed E-state index contributed by atoms with van der Waals surface area (Å²) in [5.41, 5.74) is 0. The molecule has 0 aromatic rings. The minimum absolute atomic E-state index is 0.119. The second-order valence-corrected chi connectivity index (χ2v) is 3.25. The van der Waals surface area contributed by atoms with E-state index in [9.17, 15) is 4.79 Å². The number of carbonyl (C=O) groups excluding carboxylic acids is 1.